The van der Waals surface area contributed by atoms with Crippen molar-refractivity contribution < 1.29 is 14.3 Å². The van der Waals surface area contributed by atoms with E-state index in [1.165, 1.54) is 6.42 Å². The highest BCUT2D eigenvalue weighted by Crippen LogP contribution is 2.47. The normalized spacial score (nSPS) is 26.9. The Labute approximate surface area is 119 Å². The zero-order valence-electron chi connectivity index (χ0n) is 12.0. The molecule has 20 heavy (non-hydrogen) atoms. The smallest absolute Gasteiger partial charge is 0.220 e. The van der Waals surface area contributed by atoms with Crippen molar-refractivity contribution >= 4 is 5.91 Å². The van der Waals surface area contributed by atoms with Crippen LogP contribution in [0.2, 0.25) is 0 Å². The van der Waals surface area contributed by atoms with E-state index in [1.807, 2.05) is 12.1 Å². The minimum Gasteiger partial charge on any atom is -0.466 e. The molecule has 1 aromatic rings. The number of hydrogen-bond donors (Lipinski definition) is 2. The van der Waals surface area contributed by atoms with Crippen molar-refractivity contribution in [2.24, 2.45) is 5.92 Å². The van der Waals surface area contributed by atoms with E-state index < -0.39 is 5.60 Å². The highest BCUT2D eigenvalue weighted by molar-refractivity contribution is 5.76. The molecule has 2 aliphatic carbocycles. The zero-order chi connectivity index (χ0) is 14.2. The molecule has 4 heteroatoms. The topological polar surface area (TPSA) is 62.5 Å². The van der Waals surface area contributed by atoms with Crippen LogP contribution in [0.4, 0.5) is 0 Å². The molecule has 2 N–H and O–H groups in total. The van der Waals surface area contributed by atoms with Crippen LogP contribution >= 0.6 is 0 Å². The summed E-state index contributed by atoms with van der Waals surface area (Å²) in [5, 5.41) is 12.7. The predicted molar refractivity (Wildman–Crippen MR) is 75.4 cm³/mol. The minimum absolute atomic E-state index is 0.0111. The molecular formula is C16H23NO3. The molecule has 2 fully saturated rings. The van der Waals surface area contributed by atoms with Gasteiger partial charge in [0.25, 0.3) is 0 Å². The molecule has 2 saturated carbocycles. The second-order valence-electron chi connectivity index (χ2n) is 6.48. The molecule has 0 saturated heterocycles. The predicted octanol–water partition coefficient (Wildman–Crippen LogP) is 2.37. The second-order valence-corrected chi connectivity index (χ2v) is 6.48. The van der Waals surface area contributed by atoms with Gasteiger partial charge in [0.05, 0.1) is 5.60 Å². The molecule has 0 aliphatic heterocycles. The van der Waals surface area contributed by atoms with Crippen molar-refractivity contribution in [1.82, 2.24) is 5.32 Å². The molecule has 0 bridgehead atoms. The van der Waals surface area contributed by atoms with Gasteiger partial charge in [0, 0.05) is 25.3 Å². The lowest BCUT2D eigenvalue weighted by molar-refractivity contribution is -0.123. The molecule has 110 valence electrons. The average Bonchev–Trinajstić information content (AvgIpc) is 2.94. The summed E-state index contributed by atoms with van der Waals surface area (Å²) in [6.07, 6.45) is 4.92. The molecular weight excluding hydrogens is 254 g/mol. The van der Waals surface area contributed by atoms with E-state index >= 15 is 0 Å². The van der Waals surface area contributed by atoms with Gasteiger partial charge in [-0.05, 0) is 43.7 Å². The number of carbonyl (C=O) groups excluding carboxylic acids is 1. The van der Waals surface area contributed by atoms with Crippen molar-refractivity contribution in [2.75, 3.05) is 6.54 Å². The van der Waals surface area contributed by atoms with Gasteiger partial charge in [-0.3, -0.25) is 4.79 Å². The summed E-state index contributed by atoms with van der Waals surface area (Å²) in [7, 11) is 0. The van der Waals surface area contributed by atoms with Crippen molar-refractivity contribution in [3.05, 3.63) is 23.7 Å². The van der Waals surface area contributed by atoms with Gasteiger partial charge < -0.3 is 14.8 Å². The highest BCUT2D eigenvalue weighted by Gasteiger charge is 2.36. The van der Waals surface area contributed by atoms with E-state index in [0.29, 0.717) is 25.3 Å². The van der Waals surface area contributed by atoms with Gasteiger partial charge in [0.1, 0.15) is 11.5 Å². The van der Waals surface area contributed by atoms with Gasteiger partial charge in [-0.25, -0.2) is 0 Å². The van der Waals surface area contributed by atoms with E-state index in [0.717, 1.165) is 36.7 Å². The maximum Gasteiger partial charge on any atom is 0.220 e. The third kappa shape index (κ3) is 3.06. The maximum atomic E-state index is 11.7. The number of nitrogens with one attached hydrogen (secondary N) is 1. The summed E-state index contributed by atoms with van der Waals surface area (Å²) in [5.41, 5.74) is -0.643. The van der Waals surface area contributed by atoms with E-state index in [9.17, 15) is 9.90 Å². The third-order valence-corrected chi connectivity index (χ3v) is 4.65. The first-order valence-corrected chi connectivity index (χ1v) is 7.63. The first kappa shape index (κ1) is 13.7. The molecule has 2 atom stereocenters. The van der Waals surface area contributed by atoms with Crippen molar-refractivity contribution in [2.45, 2.75) is 57.0 Å². The van der Waals surface area contributed by atoms with Gasteiger partial charge >= 0.3 is 0 Å². The standard InChI is InChI=1S/C16H23NO3/c1-11-9-13(11)14-5-3-12(20-14)4-6-15(18)17-10-16(19)7-2-8-16/h3,5,11,13,19H,2,4,6-10H2,1H3,(H,17,18). The fraction of sp³-hybridized carbons (Fsp3) is 0.688. The van der Waals surface area contributed by atoms with Crippen LogP contribution in [0.3, 0.4) is 0 Å². The number of hydrogen-bond acceptors (Lipinski definition) is 3. The SMILES string of the molecule is CC1CC1c1ccc(CCC(=O)NCC2(O)CCC2)o1. The van der Waals surface area contributed by atoms with Crippen LogP contribution in [0, 0.1) is 5.92 Å². The number of carbonyl (C=O) groups is 1. The molecule has 1 aromatic heterocycles. The number of aryl methyl sites for hydroxylation is 1. The Bertz CT molecular complexity index is 490. The molecule has 2 aliphatic rings. The van der Waals surface area contributed by atoms with Crippen molar-refractivity contribution in [1.29, 1.82) is 0 Å². The van der Waals surface area contributed by atoms with E-state index in [-0.39, 0.29) is 5.91 Å². The Morgan fingerprint density at radius 1 is 1.50 bits per heavy atom. The molecule has 4 nitrogen and oxygen atoms in total. The van der Waals surface area contributed by atoms with Gasteiger partial charge in [-0.2, -0.15) is 0 Å². The molecule has 2 unspecified atom stereocenters. The Balaban J connectivity index is 1.40. The summed E-state index contributed by atoms with van der Waals surface area (Å²) in [6.45, 7) is 2.61. The van der Waals surface area contributed by atoms with Crippen molar-refractivity contribution in [3.8, 4) is 0 Å². The lowest BCUT2D eigenvalue weighted by atomic mass is 9.80. The Kier molecular flexibility index (Phi) is 3.59. The minimum atomic E-state index is -0.643. The second kappa shape index (κ2) is 5.24. The van der Waals surface area contributed by atoms with Gasteiger partial charge in [-0.15, -0.1) is 0 Å². The summed E-state index contributed by atoms with van der Waals surface area (Å²) in [4.78, 5) is 11.7. The van der Waals surface area contributed by atoms with Gasteiger partial charge in [0.15, 0.2) is 0 Å². The van der Waals surface area contributed by atoms with Crippen LogP contribution in [0.1, 0.15) is 56.5 Å². The first-order valence-electron chi connectivity index (χ1n) is 7.63. The lowest BCUT2D eigenvalue weighted by Gasteiger charge is -2.36. The van der Waals surface area contributed by atoms with Crippen molar-refractivity contribution in [3.63, 3.8) is 0 Å². The van der Waals surface area contributed by atoms with Crippen LogP contribution in [-0.2, 0) is 11.2 Å². The highest BCUT2D eigenvalue weighted by atomic mass is 16.3. The summed E-state index contributed by atoms with van der Waals surface area (Å²) in [6, 6.07) is 4.02. The fourth-order valence-electron chi connectivity index (χ4n) is 2.80. The fourth-order valence-corrected chi connectivity index (χ4v) is 2.80. The molecule has 1 heterocycles. The Morgan fingerprint density at radius 3 is 2.85 bits per heavy atom. The van der Waals surface area contributed by atoms with Crippen LogP contribution in [0.15, 0.2) is 16.5 Å². The summed E-state index contributed by atoms with van der Waals surface area (Å²) < 4.78 is 5.78. The number of aliphatic hydroxyl groups is 1. The number of amides is 1. The van der Waals surface area contributed by atoms with Gasteiger partial charge in [-0.1, -0.05) is 6.92 Å². The average molecular weight is 277 g/mol. The molecule has 0 aromatic carbocycles. The van der Waals surface area contributed by atoms with E-state index in [1.54, 1.807) is 0 Å². The number of rotatable bonds is 6. The summed E-state index contributed by atoms with van der Waals surface area (Å²) in [5.74, 6) is 3.27. The largest absolute Gasteiger partial charge is 0.466 e. The van der Waals surface area contributed by atoms with E-state index in [4.69, 9.17) is 4.42 Å². The third-order valence-electron chi connectivity index (χ3n) is 4.65. The molecule has 3 rings (SSSR count). The monoisotopic (exact) mass is 277 g/mol. The maximum absolute atomic E-state index is 11.7. The van der Waals surface area contributed by atoms with Gasteiger partial charge in [0.2, 0.25) is 5.91 Å². The Morgan fingerprint density at radius 2 is 2.25 bits per heavy atom. The van der Waals surface area contributed by atoms with Crippen LogP contribution in [0.5, 0.6) is 0 Å². The van der Waals surface area contributed by atoms with Crippen LogP contribution in [-0.4, -0.2) is 23.2 Å². The molecule has 0 radical (unpaired) electrons. The number of furan rings is 1. The first-order chi connectivity index (χ1) is 9.56. The zero-order valence-corrected chi connectivity index (χ0v) is 12.0. The molecule has 0 spiro atoms. The van der Waals surface area contributed by atoms with Crippen LogP contribution in [0.25, 0.3) is 0 Å². The lowest BCUT2D eigenvalue weighted by Crippen LogP contribution is -2.47. The quantitative estimate of drug-likeness (QED) is 0.839. The molecule has 1 amide bonds. The van der Waals surface area contributed by atoms with E-state index in [2.05, 4.69) is 12.2 Å². The van der Waals surface area contributed by atoms with Crippen LogP contribution < -0.4 is 5.32 Å². The summed E-state index contributed by atoms with van der Waals surface area (Å²) >= 11 is 0. The Hall–Kier alpha value is -1.29.